The van der Waals surface area contributed by atoms with Crippen LogP contribution in [0.3, 0.4) is 0 Å². The zero-order chi connectivity index (χ0) is 18.0. The molecule has 2 saturated heterocycles. The number of likely N-dealkylation sites (tertiary alicyclic amines) is 1. The predicted octanol–water partition coefficient (Wildman–Crippen LogP) is 3.42. The van der Waals surface area contributed by atoms with E-state index in [0.717, 1.165) is 12.0 Å². The zero-order valence-corrected chi connectivity index (χ0v) is 17.3. The lowest BCUT2D eigenvalue weighted by atomic mass is 9.87. The third-order valence-corrected chi connectivity index (χ3v) is 6.30. The van der Waals surface area contributed by atoms with E-state index >= 15 is 0 Å². The summed E-state index contributed by atoms with van der Waals surface area (Å²) >= 11 is 0. The zero-order valence-electron chi connectivity index (χ0n) is 17.3. The van der Waals surface area contributed by atoms with Crippen LogP contribution in [0.1, 0.15) is 66.7 Å². The van der Waals surface area contributed by atoms with Gasteiger partial charge in [-0.3, -0.25) is 9.80 Å². The van der Waals surface area contributed by atoms with Crippen LogP contribution in [0, 0.1) is 5.92 Å². The van der Waals surface area contributed by atoms with Gasteiger partial charge in [0.15, 0.2) is 0 Å². The highest BCUT2D eigenvalue weighted by Crippen LogP contribution is 2.32. The number of ether oxygens (including phenoxy) is 1. The highest BCUT2D eigenvalue weighted by Gasteiger charge is 2.38. The van der Waals surface area contributed by atoms with Gasteiger partial charge in [0, 0.05) is 31.7 Å². The van der Waals surface area contributed by atoms with Crippen molar-refractivity contribution in [1.29, 1.82) is 0 Å². The van der Waals surface area contributed by atoms with Crippen LogP contribution in [0.4, 0.5) is 0 Å². The average molecular weight is 352 g/mol. The van der Waals surface area contributed by atoms with Crippen LogP contribution in [-0.2, 0) is 4.74 Å². The van der Waals surface area contributed by atoms with Crippen LogP contribution >= 0.6 is 0 Å². The summed E-state index contributed by atoms with van der Waals surface area (Å²) in [6, 6.07) is 1.48. The molecule has 25 heavy (non-hydrogen) atoms. The molecule has 0 unspecified atom stereocenters. The number of nitrogens with zero attached hydrogens (tertiary/aromatic N) is 3. The second-order valence-corrected chi connectivity index (χ2v) is 9.93. The van der Waals surface area contributed by atoms with Gasteiger partial charge in [0.05, 0.1) is 18.4 Å². The summed E-state index contributed by atoms with van der Waals surface area (Å²) in [5.74, 6) is 0.910. The lowest BCUT2D eigenvalue weighted by Crippen LogP contribution is -2.56. The smallest absolute Gasteiger partial charge is 0.0612 e. The van der Waals surface area contributed by atoms with Crippen LogP contribution in [-0.4, -0.2) is 77.9 Å². The largest absolute Gasteiger partial charge is 0.373 e. The maximum Gasteiger partial charge on any atom is 0.0612 e. The van der Waals surface area contributed by atoms with E-state index in [1.54, 1.807) is 0 Å². The van der Waals surface area contributed by atoms with Crippen LogP contribution < -0.4 is 0 Å². The molecular formula is C21H41N3O. The Morgan fingerprint density at radius 3 is 2.28 bits per heavy atom. The molecule has 2 aliphatic heterocycles. The summed E-state index contributed by atoms with van der Waals surface area (Å²) in [6.45, 7) is 18.9. The van der Waals surface area contributed by atoms with Crippen LogP contribution in [0.2, 0.25) is 0 Å². The van der Waals surface area contributed by atoms with E-state index in [0.29, 0.717) is 12.1 Å². The Morgan fingerprint density at radius 1 is 1.00 bits per heavy atom. The number of piperidine rings is 1. The molecule has 0 atom stereocenters. The Kier molecular flexibility index (Phi) is 6.46. The highest BCUT2D eigenvalue weighted by molar-refractivity contribution is 4.91. The van der Waals surface area contributed by atoms with Crippen molar-refractivity contribution in [3.63, 3.8) is 0 Å². The third kappa shape index (κ3) is 5.66. The van der Waals surface area contributed by atoms with Crippen LogP contribution in [0.25, 0.3) is 0 Å². The van der Waals surface area contributed by atoms with Gasteiger partial charge in [-0.05, 0) is 85.7 Å². The highest BCUT2D eigenvalue weighted by atomic mass is 16.5. The van der Waals surface area contributed by atoms with Crippen LogP contribution in [0.15, 0.2) is 0 Å². The molecule has 0 bridgehead atoms. The molecule has 3 fully saturated rings. The minimum atomic E-state index is 0.00835. The summed E-state index contributed by atoms with van der Waals surface area (Å²) < 4.78 is 6.13. The van der Waals surface area contributed by atoms with Crippen LogP contribution in [0.5, 0.6) is 0 Å². The quantitative estimate of drug-likeness (QED) is 0.755. The molecule has 146 valence electrons. The predicted molar refractivity (Wildman–Crippen MR) is 105 cm³/mol. The van der Waals surface area contributed by atoms with Crippen molar-refractivity contribution in [2.75, 3.05) is 39.4 Å². The molecule has 3 aliphatic rings. The van der Waals surface area contributed by atoms with E-state index < -0.39 is 0 Å². The molecule has 1 saturated carbocycles. The SMILES string of the molecule is CC(C)N1CCC(CN2CCCN([C@H]3C[C@H](OC(C)(C)C)C3)C2)CC1. The molecule has 0 amide bonds. The number of hydrogen-bond acceptors (Lipinski definition) is 4. The van der Waals surface area contributed by atoms with E-state index in [1.807, 2.05) is 0 Å². The first kappa shape index (κ1) is 19.6. The summed E-state index contributed by atoms with van der Waals surface area (Å²) in [5, 5.41) is 0. The Morgan fingerprint density at radius 2 is 1.68 bits per heavy atom. The van der Waals surface area contributed by atoms with Crippen molar-refractivity contribution in [1.82, 2.24) is 14.7 Å². The van der Waals surface area contributed by atoms with Gasteiger partial charge in [-0.25, -0.2) is 0 Å². The Labute approximate surface area is 155 Å². The van der Waals surface area contributed by atoms with E-state index in [9.17, 15) is 0 Å². The van der Waals surface area contributed by atoms with E-state index in [-0.39, 0.29) is 5.60 Å². The molecule has 3 rings (SSSR count). The van der Waals surface area contributed by atoms with Gasteiger partial charge in [-0.1, -0.05) is 0 Å². The third-order valence-electron chi connectivity index (χ3n) is 6.30. The molecule has 4 heteroatoms. The van der Waals surface area contributed by atoms with Crippen molar-refractivity contribution in [3.8, 4) is 0 Å². The molecule has 4 nitrogen and oxygen atoms in total. The number of rotatable bonds is 5. The van der Waals surface area contributed by atoms with Crippen molar-refractivity contribution in [3.05, 3.63) is 0 Å². The first-order valence-electron chi connectivity index (χ1n) is 10.7. The van der Waals surface area contributed by atoms with Crippen molar-refractivity contribution in [2.24, 2.45) is 5.92 Å². The van der Waals surface area contributed by atoms with Gasteiger partial charge in [-0.15, -0.1) is 0 Å². The van der Waals surface area contributed by atoms with Crippen molar-refractivity contribution in [2.45, 2.75) is 90.5 Å². The molecule has 2 heterocycles. The first-order chi connectivity index (χ1) is 11.8. The molecule has 0 radical (unpaired) electrons. The summed E-state index contributed by atoms with van der Waals surface area (Å²) in [7, 11) is 0. The van der Waals surface area contributed by atoms with Gasteiger partial charge in [0.25, 0.3) is 0 Å². The normalized spacial score (nSPS) is 31.4. The van der Waals surface area contributed by atoms with Crippen molar-refractivity contribution < 1.29 is 4.74 Å². The number of hydrogen-bond donors (Lipinski definition) is 0. The van der Waals surface area contributed by atoms with Gasteiger partial charge in [0.1, 0.15) is 0 Å². The van der Waals surface area contributed by atoms with Crippen molar-refractivity contribution >= 4 is 0 Å². The summed E-state index contributed by atoms with van der Waals surface area (Å²) in [5.41, 5.74) is 0.00835. The fourth-order valence-electron chi connectivity index (χ4n) is 4.79. The fraction of sp³-hybridized carbons (Fsp3) is 1.00. The minimum absolute atomic E-state index is 0.00835. The average Bonchev–Trinajstić information content (AvgIpc) is 2.50. The minimum Gasteiger partial charge on any atom is -0.373 e. The van der Waals surface area contributed by atoms with E-state index in [4.69, 9.17) is 4.74 Å². The molecule has 0 N–H and O–H groups in total. The van der Waals surface area contributed by atoms with Gasteiger partial charge < -0.3 is 9.64 Å². The Bertz CT molecular complexity index is 406. The fourth-order valence-corrected chi connectivity index (χ4v) is 4.79. The first-order valence-corrected chi connectivity index (χ1v) is 10.7. The second kappa shape index (κ2) is 8.24. The van der Waals surface area contributed by atoms with Gasteiger partial charge in [0.2, 0.25) is 0 Å². The summed E-state index contributed by atoms with van der Waals surface area (Å²) in [4.78, 5) is 8.11. The van der Waals surface area contributed by atoms with E-state index in [1.165, 1.54) is 71.5 Å². The lowest BCUT2D eigenvalue weighted by Gasteiger charge is -2.48. The maximum absolute atomic E-state index is 6.13. The van der Waals surface area contributed by atoms with Gasteiger partial charge in [-0.2, -0.15) is 0 Å². The van der Waals surface area contributed by atoms with E-state index in [2.05, 4.69) is 49.3 Å². The molecule has 0 aromatic heterocycles. The monoisotopic (exact) mass is 351 g/mol. The topological polar surface area (TPSA) is 19.0 Å². The molecule has 0 spiro atoms. The Balaban J connectivity index is 1.38. The summed E-state index contributed by atoms with van der Waals surface area (Å²) in [6.07, 6.45) is 7.07. The maximum atomic E-state index is 6.13. The molecular weight excluding hydrogens is 310 g/mol. The lowest BCUT2D eigenvalue weighted by molar-refractivity contribution is -0.129. The van der Waals surface area contributed by atoms with Gasteiger partial charge >= 0.3 is 0 Å². The second-order valence-electron chi connectivity index (χ2n) is 9.93. The molecule has 0 aromatic rings. The molecule has 1 aliphatic carbocycles. The molecule has 0 aromatic carbocycles. The standard InChI is InChI=1S/C21H41N3O/c1-17(2)23-11-7-18(8-12-23)15-22-9-6-10-24(16-22)19-13-20(14-19)25-21(3,4)5/h17-20H,6-16H2,1-5H3/t19-,20-. The Hall–Kier alpha value is -0.160.